The number of rotatable bonds is 2. The number of hydrogen-bond acceptors (Lipinski definition) is 3. The molecule has 23 heavy (non-hydrogen) atoms. The van der Waals surface area contributed by atoms with Gasteiger partial charge in [-0.05, 0) is 24.3 Å². The van der Waals surface area contributed by atoms with Crippen LogP contribution in [-0.2, 0) is 13.0 Å². The van der Waals surface area contributed by atoms with Crippen molar-refractivity contribution in [3.63, 3.8) is 0 Å². The van der Waals surface area contributed by atoms with Crippen molar-refractivity contribution in [2.45, 2.75) is 13.0 Å². The summed E-state index contributed by atoms with van der Waals surface area (Å²) in [5.74, 6) is -1.09. The van der Waals surface area contributed by atoms with Gasteiger partial charge < -0.3 is 15.3 Å². The van der Waals surface area contributed by atoms with Crippen LogP contribution < -0.4 is 5.32 Å². The van der Waals surface area contributed by atoms with Crippen LogP contribution in [0, 0.1) is 0 Å². The predicted molar refractivity (Wildman–Crippen MR) is 86.8 cm³/mol. The van der Waals surface area contributed by atoms with E-state index in [4.69, 9.17) is 0 Å². The van der Waals surface area contributed by atoms with Crippen LogP contribution in [0.3, 0.4) is 0 Å². The maximum absolute atomic E-state index is 11.8. The van der Waals surface area contributed by atoms with Gasteiger partial charge in [0.2, 0.25) is 0 Å². The van der Waals surface area contributed by atoms with Gasteiger partial charge >= 0.3 is 12.0 Å². The third kappa shape index (κ3) is 2.81. The van der Waals surface area contributed by atoms with Crippen LogP contribution in [0.15, 0.2) is 28.7 Å². The molecule has 0 aliphatic carbocycles. The minimum atomic E-state index is -1.09. The van der Waals surface area contributed by atoms with E-state index in [0.29, 0.717) is 18.5 Å². The van der Waals surface area contributed by atoms with Crippen molar-refractivity contribution in [1.29, 1.82) is 0 Å². The number of carbonyl (C=O) groups excluding carboxylic acids is 1. The fourth-order valence-electron chi connectivity index (χ4n) is 2.72. The van der Waals surface area contributed by atoms with Crippen molar-refractivity contribution in [2.24, 2.45) is 0 Å². The van der Waals surface area contributed by atoms with Crippen molar-refractivity contribution in [1.82, 2.24) is 20.0 Å². The minimum absolute atomic E-state index is 0.00322. The van der Waals surface area contributed by atoms with E-state index < -0.39 is 5.97 Å². The summed E-state index contributed by atoms with van der Waals surface area (Å²) in [6.45, 7) is 0.765. The van der Waals surface area contributed by atoms with E-state index >= 15 is 0 Å². The number of carboxylic acids is 1. The second-order valence-electron chi connectivity index (χ2n) is 5.19. The Labute approximate surface area is 141 Å². The Morgan fingerprint density at radius 3 is 2.61 bits per heavy atom. The van der Waals surface area contributed by atoms with Gasteiger partial charge in [-0.1, -0.05) is 15.9 Å². The molecule has 1 aromatic heterocycles. The summed E-state index contributed by atoms with van der Waals surface area (Å²) in [4.78, 5) is 24.9. The van der Waals surface area contributed by atoms with Gasteiger partial charge in [0.25, 0.3) is 0 Å². The first kappa shape index (κ1) is 15.5. The third-order valence-corrected chi connectivity index (χ3v) is 4.36. The molecule has 0 unspecified atom stereocenters. The molecule has 2 aromatic rings. The van der Waals surface area contributed by atoms with E-state index in [-0.39, 0.29) is 18.3 Å². The van der Waals surface area contributed by atoms with Gasteiger partial charge in [0.05, 0.1) is 17.9 Å². The number of aromatic nitrogens is 2. The predicted octanol–water partition coefficient (Wildman–Crippen LogP) is 2.03. The van der Waals surface area contributed by atoms with E-state index in [1.807, 2.05) is 24.3 Å². The topological polar surface area (TPSA) is 87.5 Å². The first-order valence-corrected chi connectivity index (χ1v) is 7.87. The average Bonchev–Trinajstić information content (AvgIpc) is 2.93. The summed E-state index contributed by atoms with van der Waals surface area (Å²) in [6, 6.07) is 7.28. The van der Waals surface area contributed by atoms with Crippen LogP contribution in [0.25, 0.3) is 5.69 Å². The Morgan fingerprint density at radius 1 is 1.30 bits per heavy atom. The second kappa shape index (κ2) is 6.04. The van der Waals surface area contributed by atoms with Gasteiger partial charge in [-0.25, -0.2) is 14.3 Å². The molecule has 0 radical (unpaired) electrons. The molecule has 0 spiro atoms. The molecular weight excluding hydrogens is 364 g/mol. The van der Waals surface area contributed by atoms with Crippen LogP contribution in [0.1, 0.15) is 21.7 Å². The lowest BCUT2D eigenvalue weighted by Crippen LogP contribution is -2.41. The zero-order valence-corrected chi connectivity index (χ0v) is 14.0. The summed E-state index contributed by atoms with van der Waals surface area (Å²) >= 11 is 3.38. The highest BCUT2D eigenvalue weighted by Gasteiger charge is 2.30. The van der Waals surface area contributed by atoms with Crippen LogP contribution in [0.4, 0.5) is 4.79 Å². The maximum atomic E-state index is 11.8. The number of fused-ring (bicyclic) bond motifs is 1. The number of amides is 2. The Balaban J connectivity index is 2.06. The van der Waals surface area contributed by atoms with Crippen LogP contribution >= 0.6 is 15.9 Å². The number of hydrogen-bond donors (Lipinski definition) is 2. The van der Waals surface area contributed by atoms with E-state index in [9.17, 15) is 14.7 Å². The third-order valence-electron chi connectivity index (χ3n) is 3.83. The highest BCUT2D eigenvalue weighted by atomic mass is 79.9. The van der Waals surface area contributed by atoms with Gasteiger partial charge in [0.15, 0.2) is 5.69 Å². The molecule has 3 rings (SSSR count). The second-order valence-corrected chi connectivity index (χ2v) is 6.11. The van der Waals surface area contributed by atoms with Crippen LogP contribution in [0.2, 0.25) is 0 Å². The SMILES string of the molecule is CNC(=O)N1CCc2c(c(C(=O)O)nn2-c2ccc(Br)cc2)C1. The normalized spacial score (nSPS) is 13.6. The van der Waals surface area contributed by atoms with Crippen LogP contribution in [0.5, 0.6) is 0 Å². The summed E-state index contributed by atoms with van der Waals surface area (Å²) in [6.07, 6.45) is 0.555. The van der Waals surface area contributed by atoms with Gasteiger partial charge in [0, 0.05) is 30.0 Å². The van der Waals surface area contributed by atoms with Gasteiger partial charge in [-0.15, -0.1) is 0 Å². The Hall–Kier alpha value is -2.35. The summed E-state index contributed by atoms with van der Waals surface area (Å²) in [7, 11) is 1.56. The monoisotopic (exact) mass is 378 g/mol. The lowest BCUT2D eigenvalue weighted by Gasteiger charge is -2.27. The first-order chi connectivity index (χ1) is 11.0. The van der Waals surface area contributed by atoms with Crippen molar-refractivity contribution in [3.05, 3.63) is 45.7 Å². The van der Waals surface area contributed by atoms with E-state index in [1.165, 1.54) is 0 Å². The molecule has 0 saturated heterocycles. The zero-order valence-electron chi connectivity index (χ0n) is 12.4. The van der Waals surface area contributed by atoms with Crippen molar-refractivity contribution in [2.75, 3.05) is 13.6 Å². The highest BCUT2D eigenvalue weighted by Crippen LogP contribution is 2.26. The number of carboxylic acid groups (broad SMARTS) is 1. The van der Waals surface area contributed by atoms with Gasteiger partial charge in [-0.2, -0.15) is 5.10 Å². The maximum Gasteiger partial charge on any atom is 0.356 e. The molecule has 0 saturated carbocycles. The average molecular weight is 379 g/mol. The molecular formula is C15H15BrN4O3. The number of aromatic carboxylic acids is 1. The molecule has 2 heterocycles. The zero-order chi connectivity index (χ0) is 16.6. The minimum Gasteiger partial charge on any atom is -0.476 e. The van der Waals surface area contributed by atoms with Crippen LogP contribution in [-0.4, -0.2) is 45.4 Å². The molecule has 0 fully saturated rings. The molecule has 1 aliphatic rings. The fourth-order valence-corrected chi connectivity index (χ4v) is 2.98. The Bertz CT molecular complexity index is 770. The first-order valence-electron chi connectivity index (χ1n) is 7.08. The number of nitrogens with zero attached hydrogens (tertiary/aromatic N) is 3. The van der Waals surface area contributed by atoms with Gasteiger partial charge in [0.1, 0.15) is 0 Å². The smallest absolute Gasteiger partial charge is 0.356 e. The fraction of sp³-hybridized carbons (Fsp3) is 0.267. The van der Waals surface area contributed by atoms with Gasteiger partial charge in [-0.3, -0.25) is 0 Å². The number of nitrogens with one attached hydrogen (secondary N) is 1. The molecule has 1 aliphatic heterocycles. The van der Waals surface area contributed by atoms with E-state index in [2.05, 4.69) is 26.3 Å². The van der Waals surface area contributed by atoms with Crippen molar-refractivity contribution >= 4 is 27.9 Å². The quantitative estimate of drug-likeness (QED) is 0.836. The lowest BCUT2D eigenvalue weighted by atomic mass is 10.1. The largest absolute Gasteiger partial charge is 0.476 e. The molecule has 8 heteroatoms. The Morgan fingerprint density at radius 2 is 2.00 bits per heavy atom. The molecule has 1 aromatic carbocycles. The molecule has 0 atom stereocenters. The molecule has 2 N–H and O–H groups in total. The Kier molecular flexibility index (Phi) is 4.08. The van der Waals surface area contributed by atoms with E-state index in [0.717, 1.165) is 15.9 Å². The van der Waals surface area contributed by atoms with E-state index in [1.54, 1.807) is 16.6 Å². The highest BCUT2D eigenvalue weighted by molar-refractivity contribution is 9.10. The van der Waals surface area contributed by atoms with Crippen molar-refractivity contribution < 1.29 is 14.7 Å². The standard InChI is InChI=1S/C15H15BrN4O3/c1-17-15(23)19-7-6-12-11(8-19)13(14(21)22)18-20(12)10-4-2-9(16)3-5-10/h2-5H,6-8H2,1H3,(H,17,23)(H,21,22). The summed E-state index contributed by atoms with van der Waals surface area (Å²) in [5.41, 5.74) is 2.22. The number of halogens is 1. The van der Waals surface area contributed by atoms with Crippen molar-refractivity contribution in [3.8, 4) is 5.69 Å². The molecule has 7 nitrogen and oxygen atoms in total. The molecule has 0 bridgehead atoms. The summed E-state index contributed by atoms with van der Waals surface area (Å²) in [5, 5.41) is 16.2. The lowest BCUT2D eigenvalue weighted by molar-refractivity contribution is 0.0687. The molecule has 120 valence electrons. The number of carbonyl (C=O) groups is 2. The number of urea groups is 1. The molecule has 2 amide bonds. The summed E-state index contributed by atoms with van der Waals surface area (Å²) < 4.78 is 2.60. The number of benzene rings is 1.